The summed E-state index contributed by atoms with van der Waals surface area (Å²) in [6, 6.07) is 9.31. The predicted molar refractivity (Wildman–Crippen MR) is 77.7 cm³/mol. The maximum absolute atomic E-state index is 12.4. The monoisotopic (exact) mass is 291 g/mol. The Morgan fingerprint density at radius 2 is 2.10 bits per heavy atom. The highest BCUT2D eigenvalue weighted by Gasteiger charge is 2.33. The Morgan fingerprint density at radius 3 is 2.76 bits per heavy atom. The minimum atomic E-state index is -0.915. The molecular weight excluding hydrogens is 270 g/mol. The van der Waals surface area contributed by atoms with Gasteiger partial charge in [0, 0.05) is 12.6 Å². The van der Waals surface area contributed by atoms with Gasteiger partial charge < -0.3 is 15.2 Å². The molecule has 1 aromatic carbocycles. The molecule has 1 amide bonds. The van der Waals surface area contributed by atoms with E-state index in [-0.39, 0.29) is 30.4 Å². The van der Waals surface area contributed by atoms with Gasteiger partial charge in [-0.15, -0.1) is 0 Å². The summed E-state index contributed by atoms with van der Waals surface area (Å²) in [4.78, 5) is 23.1. The largest absolute Gasteiger partial charge is 0.481 e. The molecule has 3 atom stereocenters. The van der Waals surface area contributed by atoms with Gasteiger partial charge in [-0.2, -0.15) is 0 Å². The maximum atomic E-state index is 12.4. The van der Waals surface area contributed by atoms with E-state index in [0.717, 1.165) is 18.4 Å². The minimum absolute atomic E-state index is 0.0741. The fourth-order valence-electron chi connectivity index (χ4n) is 2.68. The number of rotatable bonds is 5. The predicted octanol–water partition coefficient (Wildman–Crippen LogP) is 2.13. The van der Waals surface area contributed by atoms with Crippen molar-refractivity contribution in [2.75, 3.05) is 6.61 Å². The van der Waals surface area contributed by atoms with Crippen LogP contribution in [0.4, 0.5) is 0 Å². The highest BCUT2D eigenvalue weighted by molar-refractivity contribution is 5.80. The van der Waals surface area contributed by atoms with E-state index in [1.54, 1.807) is 6.92 Å². The van der Waals surface area contributed by atoms with Gasteiger partial charge in [-0.1, -0.05) is 30.3 Å². The van der Waals surface area contributed by atoms with Crippen LogP contribution in [0.2, 0.25) is 0 Å². The van der Waals surface area contributed by atoms with Crippen molar-refractivity contribution < 1.29 is 19.4 Å². The Labute approximate surface area is 124 Å². The number of amides is 1. The second-order valence-corrected chi connectivity index (χ2v) is 5.46. The molecule has 3 unspecified atom stereocenters. The second kappa shape index (κ2) is 7.22. The molecule has 0 saturated carbocycles. The first-order valence-electron chi connectivity index (χ1n) is 7.26. The van der Waals surface area contributed by atoms with Crippen LogP contribution in [-0.2, 0) is 14.3 Å². The average molecular weight is 291 g/mol. The number of carbonyl (C=O) groups excluding carboxylic acids is 1. The molecule has 1 saturated heterocycles. The Bertz CT molecular complexity index is 488. The lowest BCUT2D eigenvalue weighted by atomic mass is 9.88. The number of nitrogens with one attached hydrogen (secondary N) is 1. The number of hydrogen-bond donors (Lipinski definition) is 2. The van der Waals surface area contributed by atoms with Crippen LogP contribution < -0.4 is 5.32 Å². The zero-order valence-corrected chi connectivity index (χ0v) is 12.1. The Hall–Kier alpha value is -1.88. The number of carbonyl (C=O) groups is 2. The fourth-order valence-corrected chi connectivity index (χ4v) is 2.68. The Kier molecular flexibility index (Phi) is 5.33. The summed E-state index contributed by atoms with van der Waals surface area (Å²) in [6.45, 7) is 2.35. The van der Waals surface area contributed by atoms with Crippen LogP contribution in [-0.4, -0.2) is 29.6 Å². The van der Waals surface area contributed by atoms with E-state index < -0.39 is 5.97 Å². The van der Waals surface area contributed by atoms with Gasteiger partial charge in [-0.05, 0) is 25.3 Å². The summed E-state index contributed by atoms with van der Waals surface area (Å²) in [5, 5.41) is 11.5. The summed E-state index contributed by atoms with van der Waals surface area (Å²) in [6.07, 6.45) is 1.27. The Morgan fingerprint density at radius 1 is 1.38 bits per heavy atom. The number of ether oxygens (including phenoxy) is 1. The summed E-state index contributed by atoms with van der Waals surface area (Å²) in [5.74, 6) is -1.31. The molecule has 1 heterocycles. The lowest BCUT2D eigenvalue weighted by molar-refractivity contribution is -0.138. The van der Waals surface area contributed by atoms with E-state index in [2.05, 4.69) is 5.32 Å². The van der Waals surface area contributed by atoms with Crippen molar-refractivity contribution in [2.24, 2.45) is 5.92 Å². The topological polar surface area (TPSA) is 75.6 Å². The zero-order valence-electron chi connectivity index (χ0n) is 12.1. The van der Waals surface area contributed by atoms with Gasteiger partial charge in [0.25, 0.3) is 0 Å². The lowest BCUT2D eigenvalue weighted by Crippen LogP contribution is -2.42. The van der Waals surface area contributed by atoms with Crippen LogP contribution in [0.1, 0.15) is 37.9 Å². The highest BCUT2D eigenvalue weighted by atomic mass is 16.5. The van der Waals surface area contributed by atoms with Gasteiger partial charge in [0.1, 0.15) is 0 Å². The fraction of sp³-hybridized carbons (Fsp3) is 0.500. The van der Waals surface area contributed by atoms with E-state index in [1.165, 1.54) is 0 Å². The maximum Gasteiger partial charge on any atom is 0.305 e. The zero-order chi connectivity index (χ0) is 15.2. The molecule has 1 aromatic rings. The molecule has 5 nitrogen and oxygen atoms in total. The third-order valence-electron chi connectivity index (χ3n) is 3.66. The van der Waals surface area contributed by atoms with Crippen LogP contribution in [0, 0.1) is 5.92 Å². The SMILES string of the molecule is CC(CC(=O)O)NC(=O)C1CCCOC1c1ccccc1. The van der Waals surface area contributed by atoms with Crippen LogP contribution in [0.25, 0.3) is 0 Å². The standard InChI is InChI=1S/C16H21NO4/c1-11(10-14(18)19)17-16(20)13-8-5-9-21-15(13)12-6-3-2-4-7-12/h2-4,6-7,11,13,15H,5,8-10H2,1H3,(H,17,20)(H,18,19). The van der Waals surface area contributed by atoms with Crippen LogP contribution in [0.3, 0.4) is 0 Å². The quantitative estimate of drug-likeness (QED) is 0.871. The van der Waals surface area contributed by atoms with Crippen molar-refractivity contribution in [3.8, 4) is 0 Å². The van der Waals surface area contributed by atoms with E-state index in [1.807, 2.05) is 30.3 Å². The number of carboxylic acids is 1. The first-order chi connectivity index (χ1) is 10.1. The summed E-state index contributed by atoms with van der Waals surface area (Å²) in [5.41, 5.74) is 0.989. The van der Waals surface area contributed by atoms with Crippen molar-refractivity contribution in [2.45, 2.75) is 38.3 Å². The molecular formula is C16H21NO4. The van der Waals surface area contributed by atoms with Crippen molar-refractivity contribution in [1.29, 1.82) is 0 Å². The Balaban J connectivity index is 2.04. The number of aliphatic carboxylic acids is 1. The van der Waals surface area contributed by atoms with E-state index in [0.29, 0.717) is 6.61 Å². The van der Waals surface area contributed by atoms with Gasteiger partial charge in [0.2, 0.25) is 5.91 Å². The molecule has 0 aliphatic carbocycles. The molecule has 0 spiro atoms. The third kappa shape index (κ3) is 4.29. The van der Waals surface area contributed by atoms with Crippen molar-refractivity contribution >= 4 is 11.9 Å². The van der Waals surface area contributed by atoms with Gasteiger partial charge in [-0.25, -0.2) is 0 Å². The van der Waals surface area contributed by atoms with Gasteiger partial charge in [0.15, 0.2) is 0 Å². The van der Waals surface area contributed by atoms with Crippen molar-refractivity contribution in [3.05, 3.63) is 35.9 Å². The summed E-state index contributed by atoms with van der Waals surface area (Å²) >= 11 is 0. The lowest BCUT2D eigenvalue weighted by Gasteiger charge is -2.32. The first kappa shape index (κ1) is 15.5. The van der Waals surface area contributed by atoms with Crippen LogP contribution in [0.15, 0.2) is 30.3 Å². The van der Waals surface area contributed by atoms with Crippen molar-refractivity contribution in [1.82, 2.24) is 5.32 Å². The average Bonchev–Trinajstić information content (AvgIpc) is 2.47. The van der Waals surface area contributed by atoms with Gasteiger partial charge in [-0.3, -0.25) is 9.59 Å². The van der Waals surface area contributed by atoms with Crippen LogP contribution in [0.5, 0.6) is 0 Å². The van der Waals surface area contributed by atoms with E-state index in [4.69, 9.17) is 9.84 Å². The summed E-state index contributed by atoms with van der Waals surface area (Å²) in [7, 11) is 0. The molecule has 2 N–H and O–H groups in total. The van der Waals surface area contributed by atoms with Crippen LogP contribution >= 0.6 is 0 Å². The van der Waals surface area contributed by atoms with Crippen molar-refractivity contribution in [3.63, 3.8) is 0 Å². The molecule has 1 fully saturated rings. The second-order valence-electron chi connectivity index (χ2n) is 5.46. The van der Waals surface area contributed by atoms with E-state index >= 15 is 0 Å². The first-order valence-corrected chi connectivity index (χ1v) is 7.26. The van der Waals surface area contributed by atoms with Gasteiger partial charge >= 0.3 is 5.97 Å². The molecule has 0 aromatic heterocycles. The minimum Gasteiger partial charge on any atom is -0.481 e. The smallest absolute Gasteiger partial charge is 0.305 e. The molecule has 0 radical (unpaired) electrons. The molecule has 1 aliphatic heterocycles. The molecule has 114 valence electrons. The third-order valence-corrected chi connectivity index (χ3v) is 3.66. The molecule has 2 rings (SSSR count). The van der Waals surface area contributed by atoms with E-state index in [9.17, 15) is 9.59 Å². The normalized spacial score (nSPS) is 23.3. The summed E-state index contributed by atoms with van der Waals surface area (Å²) < 4.78 is 5.78. The molecule has 0 bridgehead atoms. The number of carboxylic acid groups (broad SMARTS) is 1. The number of benzene rings is 1. The number of hydrogen-bond acceptors (Lipinski definition) is 3. The molecule has 1 aliphatic rings. The molecule has 21 heavy (non-hydrogen) atoms. The highest BCUT2D eigenvalue weighted by Crippen LogP contribution is 2.33. The molecule has 5 heteroatoms. The van der Waals surface area contributed by atoms with Gasteiger partial charge in [0.05, 0.1) is 18.4 Å².